The van der Waals surface area contributed by atoms with Gasteiger partial charge in [0.15, 0.2) is 0 Å². The van der Waals surface area contributed by atoms with Crippen molar-refractivity contribution in [3.05, 3.63) is 53.1 Å². The number of halogens is 1. The second kappa shape index (κ2) is 7.79. The molecule has 0 aromatic heterocycles. The fourth-order valence-electron chi connectivity index (χ4n) is 2.96. The van der Waals surface area contributed by atoms with Gasteiger partial charge in [0.1, 0.15) is 5.75 Å². The molecule has 0 spiro atoms. The average molecular weight is 359 g/mol. The summed E-state index contributed by atoms with van der Waals surface area (Å²) in [5.74, 6) is 0.589. The fourth-order valence-corrected chi connectivity index (χ4v) is 3.26. The maximum Gasteiger partial charge on any atom is 0.255 e. The lowest BCUT2D eigenvalue weighted by atomic mass is 10.2. The monoisotopic (exact) mass is 358 g/mol. The van der Waals surface area contributed by atoms with Crippen LogP contribution >= 0.6 is 11.6 Å². The van der Waals surface area contributed by atoms with Gasteiger partial charge >= 0.3 is 0 Å². The molecule has 0 aliphatic carbocycles. The fraction of sp³-hybridized carbons (Fsp3) is 0.350. The number of carbonyl (C=O) groups excluding carboxylic acids is 1. The smallest absolute Gasteiger partial charge is 0.255 e. The van der Waals surface area contributed by atoms with Crippen molar-refractivity contribution in [3.63, 3.8) is 0 Å². The van der Waals surface area contributed by atoms with Gasteiger partial charge in [0.05, 0.1) is 16.8 Å². The molecular formula is C20H23ClN2O2. The summed E-state index contributed by atoms with van der Waals surface area (Å²) in [4.78, 5) is 14.7. The van der Waals surface area contributed by atoms with Crippen LogP contribution in [0.25, 0.3) is 0 Å². The van der Waals surface area contributed by atoms with E-state index in [1.54, 1.807) is 24.3 Å². The molecule has 132 valence electrons. The summed E-state index contributed by atoms with van der Waals surface area (Å²) in [6.07, 6.45) is 2.51. The first kappa shape index (κ1) is 17.6. The number of hydrogen-bond donors (Lipinski definition) is 1. The molecule has 1 heterocycles. The third-order valence-electron chi connectivity index (χ3n) is 4.14. The van der Waals surface area contributed by atoms with Gasteiger partial charge in [0.2, 0.25) is 0 Å². The predicted octanol–water partition coefficient (Wildman–Crippen LogP) is 4.98. The molecule has 4 nitrogen and oxygen atoms in total. The number of nitrogens with zero attached hydrogens (tertiary/aromatic N) is 1. The summed E-state index contributed by atoms with van der Waals surface area (Å²) >= 11 is 6.40. The Labute approximate surface area is 153 Å². The maximum absolute atomic E-state index is 12.4. The van der Waals surface area contributed by atoms with E-state index >= 15 is 0 Å². The Balaban J connectivity index is 1.67. The third-order valence-corrected chi connectivity index (χ3v) is 4.44. The predicted molar refractivity (Wildman–Crippen MR) is 103 cm³/mol. The first-order chi connectivity index (χ1) is 12.0. The maximum atomic E-state index is 12.4. The average Bonchev–Trinajstić information content (AvgIpc) is 3.09. The van der Waals surface area contributed by atoms with Crippen LogP contribution in [0.15, 0.2) is 42.5 Å². The van der Waals surface area contributed by atoms with Crippen LogP contribution in [0.3, 0.4) is 0 Å². The Morgan fingerprint density at radius 1 is 1.12 bits per heavy atom. The second-order valence-corrected chi connectivity index (χ2v) is 6.91. The lowest BCUT2D eigenvalue weighted by Gasteiger charge is -2.19. The van der Waals surface area contributed by atoms with Crippen LogP contribution in [0.1, 0.15) is 37.0 Å². The van der Waals surface area contributed by atoms with Crippen LogP contribution < -0.4 is 15.0 Å². The molecule has 2 aromatic rings. The van der Waals surface area contributed by atoms with E-state index in [-0.39, 0.29) is 12.0 Å². The Morgan fingerprint density at radius 3 is 2.40 bits per heavy atom. The van der Waals surface area contributed by atoms with Crippen LogP contribution in [0.5, 0.6) is 5.75 Å². The van der Waals surface area contributed by atoms with Crippen molar-refractivity contribution < 1.29 is 9.53 Å². The Bertz CT molecular complexity index is 738. The number of ether oxygens (including phenoxy) is 1. The van der Waals surface area contributed by atoms with Crippen molar-refractivity contribution in [2.75, 3.05) is 23.3 Å². The van der Waals surface area contributed by atoms with E-state index in [4.69, 9.17) is 16.3 Å². The SMILES string of the molecule is CC(C)Oc1ccc(C(=O)Nc2ccc(N3CCCC3)c(Cl)c2)cc1. The van der Waals surface area contributed by atoms with Crippen LogP contribution in [0.4, 0.5) is 11.4 Å². The lowest BCUT2D eigenvalue weighted by Crippen LogP contribution is -2.18. The zero-order valence-electron chi connectivity index (χ0n) is 14.6. The summed E-state index contributed by atoms with van der Waals surface area (Å²) in [6.45, 7) is 6.01. The molecule has 5 heteroatoms. The molecule has 1 amide bonds. The molecule has 25 heavy (non-hydrogen) atoms. The van der Waals surface area contributed by atoms with Gasteiger partial charge in [-0.05, 0) is 69.2 Å². The topological polar surface area (TPSA) is 41.6 Å². The van der Waals surface area contributed by atoms with Gasteiger partial charge in [-0.25, -0.2) is 0 Å². The summed E-state index contributed by atoms with van der Waals surface area (Å²) in [7, 11) is 0. The van der Waals surface area contributed by atoms with Crippen molar-refractivity contribution in [1.82, 2.24) is 0 Å². The number of amides is 1. The number of rotatable bonds is 5. The van der Waals surface area contributed by atoms with E-state index < -0.39 is 0 Å². The number of nitrogens with one attached hydrogen (secondary N) is 1. The summed E-state index contributed by atoms with van der Waals surface area (Å²) in [6, 6.07) is 12.8. The highest BCUT2D eigenvalue weighted by molar-refractivity contribution is 6.33. The first-order valence-corrected chi connectivity index (χ1v) is 9.03. The Hall–Kier alpha value is -2.20. The molecule has 0 radical (unpaired) electrons. The van der Waals surface area contributed by atoms with E-state index in [1.807, 2.05) is 32.0 Å². The van der Waals surface area contributed by atoms with Crippen LogP contribution in [-0.2, 0) is 0 Å². The van der Waals surface area contributed by atoms with Gasteiger partial charge in [-0.2, -0.15) is 0 Å². The third kappa shape index (κ3) is 4.45. The van der Waals surface area contributed by atoms with Crippen molar-refractivity contribution in [2.24, 2.45) is 0 Å². The molecule has 0 unspecified atom stereocenters. The Morgan fingerprint density at radius 2 is 1.80 bits per heavy atom. The zero-order chi connectivity index (χ0) is 17.8. The number of carbonyl (C=O) groups is 1. The molecule has 0 saturated carbocycles. The van der Waals surface area contributed by atoms with E-state index in [0.717, 1.165) is 24.5 Å². The summed E-state index contributed by atoms with van der Waals surface area (Å²) in [5.41, 5.74) is 2.31. The molecule has 1 saturated heterocycles. The van der Waals surface area contributed by atoms with Gasteiger partial charge < -0.3 is 15.0 Å². The van der Waals surface area contributed by atoms with Gasteiger partial charge in [-0.3, -0.25) is 4.79 Å². The summed E-state index contributed by atoms with van der Waals surface area (Å²) in [5, 5.41) is 3.56. The minimum atomic E-state index is -0.166. The van der Waals surface area contributed by atoms with Crippen molar-refractivity contribution in [1.29, 1.82) is 0 Å². The summed E-state index contributed by atoms with van der Waals surface area (Å²) < 4.78 is 5.59. The zero-order valence-corrected chi connectivity index (χ0v) is 15.3. The van der Waals surface area contributed by atoms with Gasteiger partial charge in [-0.15, -0.1) is 0 Å². The van der Waals surface area contributed by atoms with Gasteiger partial charge in [-0.1, -0.05) is 11.6 Å². The highest BCUT2D eigenvalue weighted by atomic mass is 35.5. The minimum absolute atomic E-state index is 0.107. The number of hydrogen-bond acceptors (Lipinski definition) is 3. The highest BCUT2D eigenvalue weighted by Gasteiger charge is 2.16. The van der Waals surface area contributed by atoms with Crippen molar-refractivity contribution >= 4 is 28.9 Å². The normalized spacial score (nSPS) is 14.0. The number of benzene rings is 2. The van der Waals surface area contributed by atoms with Gasteiger partial charge in [0.25, 0.3) is 5.91 Å². The molecule has 0 atom stereocenters. The van der Waals surface area contributed by atoms with E-state index in [9.17, 15) is 4.79 Å². The van der Waals surface area contributed by atoms with Crippen LogP contribution in [0.2, 0.25) is 5.02 Å². The van der Waals surface area contributed by atoms with E-state index in [1.165, 1.54) is 12.8 Å². The largest absolute Gasteiger partial charge is 0.491 e. The molecule has 0 bridgehead atoms. The van der Waals surface area contributed by atoms with Crippen LogP contribution in [0, 0.1) is 0 Å². The molecule has 1 aliphatic heterocycles. The standard InChI is InChI=1S/C20H23ClN2O2/c1-14(2)25-17-8-5-15(6-9-17)20(24)22-16-7-10-19(18(21)13-16)23-11-3-4-12-23/h5-10,13-14H,3-4,11-12H2,1-2H3,(H,22,24). The van der Waals surface area contributed by atoms with Crippen LogP contribution in [-0.4, -0.2) is 25.1 Å². The molecule has 2 aromatic carbocycles. The lowest BCUT2D eigenvalue weighted by molar-refractivity contribution is 0.102. The first-order valence-electron chi connectivity index (χ1n) is 8.65. The number of anilines is 2. The van der Waals surface area contributed by atoms with Crippen molar-refractivity contribution in [3.8, 4) is 5.75 Å². The van der Waals surface area contributed by atoms with E-state index in [2.05, 4.69) is 10.2 Å². The molecular weight excluding hydrogens is 336 g/mol. The molecule has 1 N–H and O–H groups in total. The highest BCUT2D eigenvalue weighted by Crippen LogP contribution is 2.31. The van der Waals surface area contributed by atoms with Gasteiger partial charge in [0, 0.05) is 24.3 Å². The van der Waals surface area contributed by atoms with Crippen molar-refractivity contribution in [2.45, 2.75) is 32.8 Å². The quantitative estimate of drug-likeness (QED) is 0.819. The minimum Gasteiger partial charge on any atom is -0.491 e. The molecule has 1 fully saturated rings. The Kier molecular flexibility index (Phi) is 5.49. The second-order valence-electron chi connectivity index (χ2n) is 6.51. The molecule has 3 rings (SSSR count). The van der Waals surface area contributed by atoms with E-state index in [0.29, 0.717) is 16.3 Å². The molecule has 1 aliphatic rings.